The number of hydrogen-bond acceptors (Lipinski definition) is 6. The molecule has 1 aliphatic heterocycles. The lowest BCUT2D eigenvalue weighted by Crippen LogP contribution is -2.37. The maximum Gasteiger partial charge on any atom is 0.248 e. The topological polar surface area (TPSA) is 79.5 Å². The first kappa shape index (κ1) is 16.1. The maximum absolute atomic E-state index is 12.4. The van der Waals surface area contributed by atoms with E-state index in [9.17, 15) is 9.90 Å². The van der Waals surface area contributed by atoms with Crippen LogP contribution in [0.3, 0.4) is 0 Å². The van der Waals surface area contributed by atoms with Crippen molar-refractivity contribution in [1.82, 2.24) is 15.1 Å². The molecule has 0 bridgehead atoms. The van der Waals surface area contributed by atoms with E-state index in [0.29, 0.717) is 31.0 Å². The Morgan fingerprint density at radius 3 is 3.17 bits per heavy atom. The fourth-order valence-corrected chi connectivity index (χ4v) is 3.65. The molecule has 124 valence electrons. The lowest BCUT2D eigenvalue weighted by atomic mass is 10.1. The van der Waals surface area contributed by atoms with E-state index < -0.39 is 0 Å². The van der Waals surface area contributed by atoms with Gasteiger partial charge in [0.25, 0.3) is 0 Å². The monoisotopic (exact) mass is 335 g/mol. The van der Waals surface area contributed by atoms with Crippen molar-refractivity contribution in [2.24, 2.45) is 0 Å². The first-order valence-corrected chi connectivity index (χ1v) is 8.90. The van der Waals surface area contributed by atoms with Crippen molar-refractivity contribution in [1.29, 1.82) is 0 Å². The number of likely N-dealkylation sites (tertiary alicyclic amines) is 1. The smallest absolute Gasteiger partial charge is 0.248 e. The Hall–Kier alpha value is -1.73. The largest absolute Gasteiger partial charge is 0.421 e. The molecule has 0 saturated carbocycles. The van der Waals surface area contributed by atoms with Crippen LogP contribution < -0.4 is 0 Å². The molecule has 3 heterocycles. The number of carbonyl (C=O) groups excluding carboxylic acids is 1. The minimum Gasteiger partial charge on any atom is -0.421 e. The Kier molecular flexibility index (Phi) is 5.07. The normalized spacial score (nSPS) is 19.2. The minimum atomic E-state index is -0.377. The van der Waals surface area contributed by atoms with Crippen molar-refractivity contribution in [3.63, 3.8) is 0 Å². The van der Waals surface area contributed by atoms with Gasteiger partial charge in [-0.2, -0.15) is 11.3 Å². The Bertz CT molecular complexity index is 639. The molecule has 0 spiro atoms. The van der Waals surface area contributed by atoms with Gasteiger partial charge in [-0.1, -0.05) is 0 Å². The van der Waals surface area contributed by atoms with Crippen LogP contribution >= 0.6 is 11.3 Å². The number of amides is 1. The number of aliphatic hydroxyl groups excluding tert-OH is 1. The van der Waals surface area contributed by atoms with Crippen molar-refractivity contribution >= 4 is 17.2 Å². The van der Waals surface area contributed by atoms with Crippen molar-refractivity contribution in [2.45, 2.75) is 51.2 Å². The van der Waals surface area contributed by atoms with Crippen LogP contribution in [0.15, 0.2) is 21.2 Å². The van der Waals surface area contributed by atoms with Crippen LogP contribution in [-0.4, -0.2) is 44.8 Å². The van der Waals surface area contributed by atoms with Gasteiger partial charge < -0.3 is 14.4 Å². The molecule has 3 rings (SSSR count). The minimum absolute atomic E-state index is 0.100. The molecule has 0 radical (unpaired) electrons. The summed E-state index contributed by atoms with van der Waals surface area (Å²) < 4.78 is 5.61. The average molecular weight is 335 g/mol. The summed E-state index contributed by atoms with van der Waals surface area (Å²) in [6.07, 6.45) is 3.06. The van der Waals surface area contributed by atoms with Gasteiger partial charge in [0, 0.05) is 36.4 Å². The highest BCUT2D eigenvalue weighted by molar-refractivity contribution is 7.08. The van der Waals surface area contributed by atoms with E-state index in [0.717, 1.165) is 24.9 Å². The second kappa shape index (κ2) is 7.23. The summed E-state index contributed by atoms with van der Waals surface area (Å²) in [6.45, 7) is 2.55. The predicted octanol–water partition coefficient (Wildman–Crippen LogP) is 2.49. The summed E-state index contributed by atoms with van der Waals surface area (Å²) in [4.78, 5) is 14.3. The van der Waals surface area contributed by atoms with Gasteiger partial charge in [0.1, 0.15) is 0 Å². The molecule has 2 aromatic rings. The van der Waals surface area contributed by atoms with E-state index in [4.69, 9.17) is 4.42 Å². The van der Waals surface area contributed by atoms with Crippen LogP contribution in [0.25, 0.3) is 11.5 Å². The van der Waals surface area contributed by atoms with Crippen LogP contribution in [-0.2, 0) is 11.2 Å². The highest BCUT2D eigenvalue weighted by Gasteiger charge is 2.29. The van der Waals surface area contributed by atoms with Crippen LogP contribution in [0.2, 0.25) is 0 Å². The summed E-state index contributed by atoms with van der Waals surface area (Å²) in [6, 6.07) is 2.09. The number of carbonyl (C=O) groups is 1. The van der Waals surface area contributed by atoms with Crippen molar-refractivity contribution < 1.29 is 14.3 Å². The Balaban J connectivity index is 1.54. The summed E-state index contributed by atoms with van der Waals surface area (Å²) in [5.74, 6) is 1.09. The number of nitrogens with zero attached hydrogens (tertiary/aromatic N) is 3. The fraction of sp³-hybridized carbons (Fsp3) is 0.562. The molecule has 0 aromatic carbocycles. The molecule has 1 amide bonds. The number of aromatic nitrogens is 2. The van der Waals surface area contributed by atoms with Crippen LogP contribution in [0, 0.1) is 0 Å². The van der Waals surface area contributed by atoms with Gasteiger partial charge in [0.05, 0.1) is 6.10 Å². The Labute approximate surface area is 139 Å². The molecule has 1 fully saturated rings. The summed E-state index contributed by atoms with van der Waals surface area (Å²) in [5, 5.41) is 21.5. The number of aryl methyl sites for hydroxylation is 1. The zero-order valence-electron chi connectivity index (χ0n) is 13.1. The summed E-state index contributed by atoms with van der Waals surface area (Å²) in [5.41, 5.74) is 0.914. The number of aliphatic hydroxyl groups is 1. The molecule has 0 aliphatic carbocycles. The van der Waals surface area contributed by atoms with Crippen molar-refractivity contribution in [2.75, 3.05) is 6.54 Å². The lowest BCUT2D eigenvalue weighted by Gasteiger charge is -2.25. The summed E-state index contributed by atoms with van der Waals surface area (Å²) >= 11 is 1.57. The van der Waals surface area contributed by atoms with Crippen molar-refractivity contribution in [3.8, 4) is 11.5 Å². The second-order valence-electron chi connectivity index (χ2n) is 5.98. The van der Waals surface area contributed by atoms with E-state index in [1.54, 1.807) is 18.3 Å². The number of thiophene rings is 1. The second-order valence-corrected chi connectivity index (χ2v) is 6.76. The molecule has 2 atom stereocenters. The zero-order chi connectivity index (χ0) is 16.2. The molecule has 1 saturated heterocycles. The zero-order valence-corrected chi connectivity index (χ0v) is 14.0. The fourth-order valence-electron chi connectivity index (χ4n) is 3.02. The van der Waals surface area contributed by atoms with Crippen LogP contribution in [0.5, 0.6) is 0 Å². The average Bonchev–Trinajstić information content (AvgIpc) is 3.24. The van der Waals surface area contributed by atoms with E-state index in [1.807, 2.05) is 21.7 Å². The third-order valence-corrected chi connectivity index (χ3v) is 4.78. The third-order valence-electron chi connectivity index (χ3n) is 4.10. The standard InChI is InChI=1S/C16H21N3O3S/c1-11(20)9-13-3-2-7-19(13)15(21)5-4-14-17-18-16(22-14)12-6-8-23-10-12/h6,8,10-11,13,20H,2-5,7,9H2,1H3. The quantitative estimate of drug-likeness (QED) is 0.877. The molecular weight excluding hydrogens is 314 g/mol. The Morgan fingerprint density at radius 1 is 1.57 bits per heavy atom. The van der Waals surface area contributed by atoms with Gasteiger partial charge in [-0.3, -0.25) is 4.79 Å². The molecule has 7 heteroatoms. The maximum atomic E-state index is 12.4. The van der Waals surface area contributed by atoms with Gasteiger partial charge in [-0.25, -0.2) is 0 Å². The van der Waals surface area contributed by atoms with Gasteiger partial charge in [0.2, 0.25) is 17.7 Å². The molecule has 1 aliphatic rings. The molecule has 2 aromatic heterocycles. The van der Waals surface area contributed by atoms with E-state index in [1.165, 1.54) is 0 Å². The van der Waals surface area contributed by atoms with E-state index in [2.05, 4.69) is 10.2 Å². The third kappa shape index (κ3) is 3.97. The van der Waals surface area contributed by atoms with E-state index in [-0.39, 0.29) is 18.1 Å². The summed E-state index contributed by atoms with van der Waals surface area (Å²) in [7, 11) is 0. The predicted molar refractivity (Wildman–Crippen MR) is 87.0 cm³/mol. The molecule has 1 N–H and O–H groups in total. The SMILES string of the molecule is CC(O)CC1CCCN1C(=O)CCc1nnc(-c2ccsc2)o1. The van der Waals surface area contributed by atoms with E-state index >= 15 is 0 Å². The molecular formula is C16H21N3O3S. The van der Waals surface area contributed by atoms with Gasteiger partial charge in [-0.05, 0) is 37.6 Å². The van der Waals surface area contributed by atoms with Gasteiger partial charge in [-0.15, -0.1) is 10.2 Å². The highest BCUT2D eigenvalue weighted by atomic mass is 32.1. The van der Waals surface area contributed by atoms with Crippen LogP contribution in [0.1, 0.15) is 38.5 Å². The molecule has 6 nitrogen and oxygen atoms in total. The number of hydrogen-bond donors (Lipinski definition) is 1. The first-order chi connectivity index (χ1) is 11.1. The molecule has 2 unspecified atom stereocenters. The Morgan fingerprint density at radius 2 is 2.43 bits per heavy atom. The van der Waals surface area contributed by atoms with Gasteiger partial charge in [0.15, 0.2) is 0 Å². The highest BCUT2D eigenvalue weighted by Crippen LogP contribution is 2.24. The van der Waals surface area contributed by atoms with Gasteiger partial charge >= 0.3 is 0 Å². The first-order valence-electron chi connectivity index (χ1n) is 7.96. The van der Waals surface area contributed by atoms with Crippen LogP contribution in [0.4, 0.5) is 0 Å². The number of rotatable bonds is 6. The lowest BCUT2D eigenvalue weighted by molar-refractivity contribution is -0.132. The van der Waals surface area contributed by atoms with Crippen molar-refractivity contribution in [3.05, 3.63) is 22.7 Å². The molecule has 23 heavy (non-hydrogen) atoms.